The lowest BCUT2D eigenvalue weighted by atomic mass is 10.1. The first-order valence-corrected chi connectivity index (χ1v) is 9.04. The van der Waals surface area contributed by atoms with Gasteiger partial charge >= 0.3 is 0 Å². The van der Waals surface area contributed by atoms with Crippen molar-refractivity contribution in [3.05, 3.63) is 23.8 Å². The molecule has 1 aromatic carbocycles. The van der Waals surface area contributed by atoms with Crippen LogP contribution in [-0.2, 0) is 6.42 Å². The maximum atomic E-state index is 6.06. The molecule has 0 atom stereocenters. The van der Waals surface area contributed by atoms with E-state index in [4.69, 9.17) is 10.5 Å². The summed E-state index contributed by atoms with van der Waals surface area (Å²) in [5.41, 5.74) is 8.14. The molecule has 0 amide bonds. The second-order valence-corrected chi connectivity index (χ2v) is 6.47. The Morgan fingerprint density at radius 3 is 2.64 bits per heavy atom. The molecule has 1 saturated carbocycles. The number of nitrogens with one attached hydrogen (secondary N) is 1. The van der Waals surface area contributed by atoms with E-state index in [2.05, 4.69) is 24.4 Å². The molecule has 3 nitrogen and oxygen atoms in total. The summed E-state index contributed by atoms with van der Waals surface area (Å²) in [4.78, 5) is 0. The molecule has 124 valence electrons. The van der Waals surface area contributed by atoms with Crippen molar-refractivity contribution < 1.29 is 4.74 Å². The smallest absolute Gasteiger partial charge is 0.142 e. The van der Waals surface area contributed by atoms with Gasteiger partial charge in [-0.2, -0.15) is 0 Å². The number of hydrogen-bond acceptors (Lipinski definition) is 3. The van der Waals surface area contributed by atoms with Crippen LogP contribution in [0.1, 0.15) is 63.9 Å². The second-order valence-electron chi connectivity index (χ2n) is 6.47. The van der Waals surface area contributed by atoms with E-state index in [0.717, 1.165) is 43.5 Å². The van der Waals surface area contributed by atoms with Crippen LogP contribution < -0.4 is 15.8 Å². The molecule has 0 unspecified atom stereocenters. The van der Waals surface area contributed by atoms with E-state index >= 15 is 0 Å². The Labute approximate surface area is 135 Å². The van der Waals surface area contributed by atoms with E-state index < -0.39 is 0 Å². The van der Waals surface area contributed by atoms with Crippen LogP contribution in [0.2, 0.25) is 0 Å². The van der Waals surface area contributed by atoms with E-state index in [1.807, 2.05) is 6.07 Å². The summed E-state index contributed by atoms with van der Waals surface area (Å²) >= 11 is 0. The van der Waals surface area contributed by atoms with Crippen LogP contribution in [0, 0.1) is 0 Å². The number of anilines is 1. The van der Waals surface area contributed by atoms with Gasteiger partial charge in [-0.15, -0.1) is 0 Å². The Kier molecular flexibility index (Phi) is 7.58. The molecule has 0 radical (unpaired) electrons. The fraction of sp³-hybridized carbons (Fsp3) is 0.684. The fourth-order valence-corrected chi connectivity index (χ4v) is 3.18. The standard InChI is InChI=1S/C19H32N2O/c1-2-14-22-19-12-11-16(15-18(19)20)8-7-13-21-17-9-5-3-4-6-10-17/h11-12,15,17,21H,2-10,13-14,20H2,1H3. The summed E-state index contributed by atoms with van der Waals surface area (Å²) < 4.78 is 5.62. The number of ether oxygens (including phenoxy) is 1. The van der Waals surface area contributed by atoms with Gasteiger partial charge in [-0.25, -0.2) is 0 Å². The lowest BCUT2D eigenvalue weighted by Crippen LogP contribution is -2.29. The van der Waals surface area contributed by atoms with Crippen molar-refractivity contribution in [3.63, 3.8) is 0 Å². The van der Waals surface area contributed by atoms with E-state index in [-0.39, 0.29) is 0 Å². The number of aryl methyl sites for hydroxylation is 1. The van der Waals surface area contributed by atoms with E-state index in [1.165, 1.54) is 50.5 Å². The molecule has 22 heavy (non-hydrogen) atoms. The molecule has 3 heteroatoms. The molecule has 1 aromatic rings. The van der Waals surface area contributed by atoms with Crippen LogP contribution in [0.3, 0.4) is 0 Å². The highest BCUT2D eigenvalue weighted by molar-refractivity contribution is 5.54. The van der Waals surface area contributed by atoms with E-state index in [1.54, 1.807) is 0 Å². The van der Waals surface area contributed by atoms with Gasteiger partial charge < -0.3 is 15.8 Å². The summed E-state index contributed by atoms with van der Waals surface area (Å²) in [5, 5.41) is 3.73. The molecule has 0 saturated heterocycles. The number of benzene rings is 1. The molecule has 0 aromatic heterocycles. The summed E-state index contributed by atoms with van der Waals surface area (Å²) in [6.07, 6.45) is 11.6. The second kappa shape index (κ2) is 9.73. The lowest BCUT2D eigenvalue weighted by Gasteiger charge is -2.16. The molecule has 1 aliphatic carbocycles. The normalized spacial score (nSPS) is 16.4. The zero-order chi connectivity index (χ0) is 15.6. The Morgan fingerprint density at radius 1 is 1.18 bits per heavy atom. The third-order valence-corrected chi connectivity index (χ3v) is 4.47. The number of nitrogen functional groups attached to an aromatic ring is 1. The van der Waals surface area contributed by atoms with Crippen LogP contribution in [-0.4, -0.2) is 19.2 Å². The first kappa shape index (κ1) is 17.1. The fourth-order valence-electron chi connectivity index (χ4n) is 3.18. The summed E-state index contributed by atoms with van der Waals surface area (Å²) in [5.74, 6) is 0.821. The zero-order valence-corrected chi connectivity index (χ0v) is 14.1. The molecule has 3 N–H and O–H groups in total. The third kappa shape index (κ3) is 5.88. The summed E-state index contributed by atoms with van der Waals surface area (Å²) in [6, 6.07) is 6.97. The Bertz CT molecular complexity index is 425. The molecule has 0 bridgehead atoms. The molecule has 0 spiro atoms. The van der Waals surface area contributed by atoms with Gasteiger partial charge in [-0.05, 0) is 56.3 Å². The van der Waals surface area contributed by atoms with Gasteiger partial charge in [-0.1, -0.05) is 38.7 Å². The zero-order valence-electron chi connectivity index (χ0n) is 14.1. The molecule has 0 aliphatic heterocycles. The number of nitrogens with two attached hydrogens (primary N) is 1. The minimum absolute atomic E-state index is 0.731. The Morgan fingerprint density at radius 2 is 1.95 bits per heavy atom. The first-order valence-electron chi connectivity index (χ1n) is 9.04. The Balaban J connectivity index is 1.69. The number of rotatable bonds is 8. The minimum atomic E-state index is 0.731. The topological polar surface area (TPSA) is 47.3 Å². The van der Waals surface area contributed by atoms with Gasteiger partial charge in [0.25, 0.3) is 0 Å². The van der Waals surface area contributed by atoms with Gasteiger partial charge in [0.1, 0.15) is 5.75 Å². The lowest BCUT2D eigenvalue weighted by molar-refractivity contribution is 0.319. The predicted molar refractivity (Wildman–Crippen MR) is 94.5 cm³/mol. The van der Waals surface area contributed by atoms with Crippen LogP contribution >= 0.6 is 0 Å². The maximum Gasteiger partial charge on any atom is 0.142 e. The molecule has 0 heterocycles. The largest absolute Gasteiger partial charge is 0.491 e. The average molecular weight is 304 g/mol. The molecular weight excluding hydrogens is 272 g/mol. The van der Waals surface area contributed by atoms with Crippen LogP contribution in [0.4, 0.5) is 5.69 Å². The number of hydrogen-bond donors (Lipinski definition) is 2. The predicted octanol–water partition coefficient (Wildman–Crippen LogP) is 4.30. The Hall–Kier alpha value is -1.22. The SMILES string of the molecule is CCCOc1ccc(CCCNC2CCCCCC2)cc1N. The van der Waals surface area contributed by atoms with Crippen molar-refractivity contribution in [3.8, 4) is 5.75 Å². The highest BCUT2D eigenvalue weighted by Crippen LogP contribution is 2.23. The van der Waals surface area contributed by atoms with Crippen molar-refractivity contribution in [1.29, 1.82) is 0 Å². The molecular formula is C19H32N2O. The average Bonchev–Trinajstić information content (AvgIpc) is 2.79. The summed E-state index contributed by atoms with van der Waals surface area (Å²) in [6.45, 7) is 3.94. The van der Waals surface area contributed by atoms with Gasteiger partial charge in [0.2, 0.25) is 0 Å². The van der Waals surface area contributed by atoms with Crippen molar-refractivity contribution in [2.24, 2.45) is 0 Å². The van der Waals surface area contributed by atoms with Crippen LogP contribution in [0.15, 0.2) is 18.2 Å². The van der Waals surface area contributed by atoms with Gasteiger partial charge in [0.05, 0.1) is 12.3 Å². The van der Waals surface area contributed by atoms with E-state index in [9.17, 15) is 0 Å². The van der Waals surface area contributed by atoms with Crippen molar-refractivity contribution >= 4 is 5.69 Å². The maximum absolute atomic E-state index is 6.06. The van der Waals surface area contributed by atoms with Crippen molar-refractivity contribution in [2.75, 3.05) is 18.9 Å². The molecule has 2 rings (SSSR count). The highest BCUT2D eigenvalue weighted by Gasteiger charge is 2.10. The van der Waals surface area contributed by atoms with Crippen LogP contribution in [0.5, 0.6) is 5.75 Å². The van der Waals surface area contributed by atoms with Gasteiger partial charge in [0, 0.05) is 6.04 Å². The van der Waals surface area contributed by atoms with Gasteiger partial charge in [-0.3, -0.25) is 0 Å². The van der Waals surface area contributed by atoms with Gasteiger partial charge in [0.15, 0.2) is 0 Å². The minimum Gasteiger partial charge on any atom is -0.491 e. The quantitative estimate of drug-likeness (QED) is 0.427. The van der Waals surface area contributed by atoms with Crippen molar-refractivity contribution in [2.45, 2.75) is 70.8 Å². The highest BCUT2D eigenvalue weighted by atomic mass is 16.5. The van der Waals surface area contributed by atoms with E-state index in [0.29, 0.717) is 0 Å². The monoisotopic (exact) mass is 304 g/mol. The van der Waals surface area contributed by atoms with Crippen LogP contribution in [0.25, 0.3) is 0 Å². The third-order valence-electron chi connectivity index (χ3n) is 4.47. The summed E-state index contributed by atoms with van der Waals surface area (Å²) in [7, 11) is 0. The molecule has 1 fully saturated rings. The first-order chi connectivity index (χ1) is 10.8. The molecule has 1 aliphatic rings. The van der Waals surface area contributed by atoms with Crippen molar-refractivity contribution in [1.82, 2.24) is 5.32 Å².